The average Bonchev–Trinajstić information content (AvgIpc) is 3.14. The minimum atomic E-state index is -0.290. The van der Waals surface area contributed by atoms with Crippen LogP contribution in [0.15, 0.2) is 53.1 Å². The molecule has 0 radical (unpaired) electrons. The van der Waals surface area contributed by atoms with E-state index in [0.717, 1.165) is 17.7 Å². The van der Waals surface area contributed by atoms with E-state index in [9.17, 15) is 4.79 Å². The maximum atomic E-state index is 12.7. The van der Waals surface area contributed by atoms with Crippen molar-refractivity contribution < 1.29 is 13.9 Å². The van der Waals surface area contributed by atoms with Gasteiger partial charge in [0, 0.05) is 13.1 Å². The number of furan rings is 1. The van der Waals surface area contributed by atoms with Crippen LogP contribution in [0.3, 0.4) is 0 Å². The lowest BCUT2D eigenvalue weighted by Crippen LogP contribution is -2.50. The first-order valence-electron chi connectivity index (χ1n) is 8.03. The number of urea groups is 1. The van der Waals surface area contributed by atoms with Gasteiger partial charge in [-0.25, -0.2) is 4.79 Å². The van der Waals surface area contributed by atoms with Crippen LogP contribution in [0.1, 0.15) is 30.7 Å². The highest BCUT2D eigenvalue weighted by Gasteiger charge is 2.26. The van der Waals surface area contributed by atoms with Crippen LogP contribution in [0.5, 0.6) is 0 Å². The van der Waals surface area contributed by atoms with Crippen molar-refractivity contribution in [1.82, 2.24) is 10.2 Å². The largest absolute Gasteiger partial charge is 0.467 e. The normalized spacial score (nSPS) is 19.3. The fourth-order valence-electron chi connectivity index (χ4n) is 2.79. The monoisotopic (exact) mass is 314 g/mol. The Kier molecular flexibility index (Phi) is 4.98. The minimum absolute atomic E-state index is 0.0861. The summed E-state index contributed by atoms with van der Waals surface area (Å²) in [6, 6.07) is 13.2. The first kappa shape index (κ1) is 15.6. The number of amides is 2. The van der Waals surface area contributed by atoms with Gasteiger partial charge in [-0.1, -0.05) is 37.3 Å². The van der Waals surface area contributed by atoms with Crippen LogP contribution in [0.2, 0.25) is 0 Å². The van der Waals surface area contributed by atoms with Crippen molar-refractivity contribution in [3.8, 4) is 0 Å². The molecule has 1 aromatic carbocycles. The summed E-state index contributed by atoms with van der Waals surface area (Å²) in [6.45, 7) is 3.90. The number of ether oxygens (including phenoxy) is 1. The average molecular weight is 314 g/mol. The zero-order chi connectivity index (χ0) is 16.1. The third-order valence-corrected chi connectivity index (χ3v) is 4.11. The molecule has 1 aliphatic heterocycles. The summed E-state index contributed by atoms with van der Waals surface area (Å²) in [4.78, 5) is 14.5. The number of hydrogen-bond acceptors (Lipinski definition) is 3. The van der Waals surface area contributed by atoms with E-state index in [1.165, 1.54) is 0 Å². The molecule has 0 aliphatic carbocycles. The Labute approximate surface area is 136 Å². The van der Waals surface area contributed by atoms with Gasteiger partial charge in [0.05, 0.1) is 19.0 Å². The van der Waals surface area contributed by atoms with Gasteiger partial charge in [-0.2, -0.15) is 0 Å². The summed E-state index contributed by atoms with van der Waals surface area (Å²) in [5, 5.41) is 3.09. The lowest BCUT2D eigenvalue weighted by atomic mass is 10.0. The molecule has 0 spiro atoms. The number of carbonyl (C=O) groups is 1. The minimum Gasteiger partial charge on any atom is -0.467 e. The molecule has 2 aromatic rings. The third kappa shape index (κ3) is 3.74. The second-order valence-electron chi connectivity index (χ2n) is 5.66. The maximum absolute atomic E-state index is 12.7. The second-order valence-corrected chi connectivity index (χ2v) is 5.66. The van der Waals surface area contributed by atoms with Crippen LogP contribution >= 0.6 is 0 Å². The quantitative estimate of drug-likeness (QED) is 0.943. The SMILES string of the molecule is CC[C@@H]1CN(C(=O)N[C@H](c2ccccc2)c2ccco2)CCO1. The number of morpholine rings is 1. The highest BCUT2D eigenvalue weighted by Crippen LogP contribution is 2.23. The molecule has 1 N–H and O–H groups in total. The van der Waals surface area contributed by atoms with E-state index >= 15 is 0 Å². The molecule has 1 saturated heterocycles. The van der Waals surface area contributed by atoms with E-state index in [1.807, 2.05) is 47.4 Å². The Morgan fingerprint density at radius 2 is 2.13 bits per heavy atom. The number of rotatable bonds is 4. The Bertz CT molecular complexity index is 612. The summed E-state index contributed by atoms with van der Waals surface area (Å²) in [5.41, 5.74) is 0.996. The van der Waals surface area contributed by atoms with E-state index in [2.05, 4.69) is 12.2 Å². The summed E-state index contributed by atoms with van der Waals surface area (Å²) in [5.74, 6) is 0.727. The Morgan fingerprint density at radius 3 is 2.83 bits per heavy atom. The molecule has 2 heterocycles. The first-order chi connectivity index (χ1) is 11.3. The molecule has 5 heteroatoms. The Hall–Kier alpha value is -2.27. The van der Waals surface area contributed by atoms with E-state index in [4.69, 9.17) is 9.15 Å². The van der Waals surface area contributed by atoms with Crippen molar-refractivity contribution in [3.05, 3.63) is 60.1 Å². The predicted molar refractivity (Wildman–Crippen MR) is 87.1 cm³/mol. The van der Waals surface area contributed by atoms with Crippen molar-refractivity contribution in [1.29, 1.82) is 0 Å². The molecular weight excluding hydrogens is 292 g/mol. The van der Waals surface area contributed by atoms with Crippen LogP contribution in [0, 0.1) is 0 Å². The number of nitrogens with zero attached hydrogens (tertiary/aromatic N) is 1. The van der Waals surface area contributed by atoms with Gasteiger partial charge in [-0.3, -0.25) is 0 Å². The van der Waals surface area contributed by atoms with E-state index in [1.54, 1.807) is 6.26 Å². The molecule has 5 nitrogen and oxygen atoms in total. The molecule has 1 fully saturated rings. The fraction of sp³-hybridized carbons (Fsp3) is 0.389. The molecule has 1 aromatic heterocycles. The summed E-state index contributed by atoms with van der Waals surface area (Å²) in [6.07, 6.45) is 2.65. The van der Waals surface area contributed by atoms with Crippen molar-refractivity contribution in [2.45, 2.75) is 25.5 Å². The molecule has 122 valence electrons. The number of nitrogens with one attached hydrogen (secondary N) is 1. The van der Waals surface area contributed by atoms with E-state index in [-0.39, 0.29) is 18.2 Å². The van der Waals surface area contributed by atoms with Gasteiger partial charge >= 0.3 is 6.03 Å². The van der Waals surface area contributed by atoms with Gasteiger partial charge in [-0.15, -0.1) is 0 Å². The van der Waals surface area contributed by atoms with Crippen molar-refractivity contribution in [2.24, 2.45) is 0 Å². The van der Waals surface area contributed by atoms with Gasteiger partial charge in [0.1, 0.15) is 11.8 Å². The summed E-state index contributed by atoms with van der Waals surface area (Å²) in [7, 11) is 0. The smallest absolute Gasteiger partial charge is 0.318 e. The lowest BCUT2D eigenvalue weighted by molar-refractivity contribution is -0.0156. The zero-order valence-electron chi connectivity index (χ0n) is 13.3. The molecule has 1 aliphatic rings. The van der Waals surface area contributed by atoms with Crippen molar-refractivity contribution >= 4 is 6.03 Å². The first-order valence-corrected chi connectivity index (χ1v) is 8.03. The van der Waals surface area contributed by atoms with Gasteiger partial charge in [0.25, 0.3) is 0 Å². The van der Waals surface area contributed by atoms with Crippen molar-refractivity contribution in [2.75, 3.05) is 19.7 Å². The topological polar surface area (TPSA) is 54.7 Å². The number of benzene rings is 1. The van der Waals surface area contributed by atoms with Crippen LogP contribution < -0.4 is 5.32 Å². The lowest BCUT2D eigenvalue weighted by Gasteiger charge is -2.33. The Morgan fingerprint density at radius 1 is 1.30 bits per heavy atom. The van der Waals surface area contributed by atoms with Gasteiger partial charge < -0.3 is 19.4 Å². The van der Waals surface area contributed by atoms with Crippen LogP contribution in [0.25, 0.3) is 0 Å². The van der Waals surface area contributed by atoms with Crippen LogP contribution in [-0.2, 0) is 4.74 Å². The molecule has 3 rings (SSSR count). The molecule has 0 saturated carbocycles. The third-order valence-electron chi connectivity index (χ3n) is 4.11. The molecule has 23 heavy (non-hydrogen) atoms. The van der Waals surface area contributed by atoms with Crippen molar-refractivity contribution in [3.63, 3.8) is 0 Å². The van der Waals surface area contributed by atoms with Gasteiger partial charge in [0.2, 0.25) is 0 Å². The second kappa shape index (κ2) is 7.33. The predicted octanol–water partition coefficient (Wildman–Crippen LogP) is 3.19. The van der Waals surface area contributed by atoms with Gasteiger partial charge in [-0.05, 0) is 24.1 Å². The molecule has 0 bridgehead atoms. The molecule has 0 unspecified atom stereocenters. The highest BCUT2D eigenvalue weighted by atomic mass is 16.5. The highest BCUT2D eigenvalue weighted by molar-refractivity contribution is 5.75. The van der Waals surface area contributed by atoms with E-state index in [0.29, 0.717) is 19.7 Å². The molecular formula is C18H22N2O3. The fourth-order valence-corrected chi connectivity index (χ4v) is 2.79. The molecule has 2 atom stereocenters. The zero-order valence-corrected chi connectivity index (χ0v) is 13.3. The maximum Gasteiger partial charge on any atom is 0.318 e. The van der Waals surface area contributed by atoms with Gasteiger partial charge in [0.15, 0.2) is 0 Å². The summed E-state index contributed by atoms with van der Waals surface area (Å²) >= 11 is 0. The number of hydrogen-bond donors (Lipinski definition) is 1. The number of carbonyl (C=O) groups excluding carboxylic acids is 1. The Balaban J connectivity index is 1.75. The van der Waals surface area contributed by atoms with Crippen LogP contribution in [0.4, 0.5) is 4.79 Å². The molecule has 2 amide bonds. The summed E-state index contributed by atoms with van der Waals surface area (Å²) < 4.78 is 11.2. The van der Waals surface area contributed by atoms with E-state index < -0.39 is 0 Å². The van der Waals surface area contributed by atoms with Crippen LogP contribution in [-0.4, -0.2) is 36.7 Å². The standard InChI is InChI=1S/C18H22N2O3/c1-2-15-13-20(10-12-22-15)18(21)19-17(16-9-6-11-23-16)14-7-4-3-5-8-14/h3-9,11,15,17H,2,10,12-13H2,1H3,(H,19,21)/t15-,17-/m1/s1.